The molecule has 2 aromatic rings. The molecule has 138 valence electrons. The number of benzene rings is 1. The van der Waals surface area contributed by atoms with E-state index in [2.05, 4.69) is 17.1 Å². The Kier molecular flexibility index (Phi) is 6.67. The minimum Gasteiger partial charge on any atom is -0.491 e. The average molecular weight is 381 g/mol. The summed E-state index contributed by atoms with van der Waals surface area (Å²) in [5.74, 6) is 1.35. The number of nitriles is 2. The monoisotopic (exact) mass is 381 g/mol. The number of rotatable bonds is 7. The summed E-state index contributed by atoms with van der Waals surface area (Å²) >= 11 is 1.49. The van der Waals surface area contributed by atoms with Crippen molar-refractivity contribution in [2.45, 2.75) is 24.0 Å². The Morgan fingerprint density at radius 2 is 2.07 bits per heavy atom. The Balaban J connectivity index is 1.91. The van der Waals surface area contributed by atoms with Gasteiger partial charge in [0, 0.05) is 24.1 Å². The van der Waals surface area contributed by atoms with Crippen LogP contribution in [0, 0.1) is 22.7 Å². The zero-order chi connectivity index (χ0) is 19.1. The standard InChI is InChI=1S/C20H19N3O3S/c21-10-15-12-23-20(27-13-17-2-1-8-25-17)18(11-22)19(15)14-3-5-16(6-4-14)26-9-7-24/h3-6,12,17,24H,1-2,7-9,13H2. The fourth-order valence-corrected chi connectivity index (χ4v) is 3.95. The average Bonchev–Trinajstić information content (AvgIpc) is 3.24. The minimum absolute atomic E-state index is 0.0610. The van der Waals surface area contributed by atoms with Crippen molar-refractivity contribution in [3.05, 3.63) is 41.6 Å². The molecular weight excluding hydrogens is 362 g/mol. The van der Waals surface area contributed by atoms with Gasteiger partial charge in [0.15, 0.2) is 0 Å². The SMILES string of the molecule is N#Cc1cnc(SCC2CCCO2)c(C#N)c1-c1ccc(OCCO)cc1. The topological polar surface area (TPSA) is 99.2 Å². The molecule has 1 fully saturated rings. The first-order valence-electron chi connectivity index (χ1n) is 8.68. The molecule has 1 saturated heterocycles. The first-order chi connectivity index (χ1) is 13.3. The largest absolute Gasteiger partial charge is 0.491 e. The van der Waals surface area contributed by atoms with Crippen LogP contribution in [0.1, 0.15) is 24.0 Å². The van der Waals surface area contributed by atoms with Gasteiger partial charge in [-0.25, -0.2) is 4.98 Å². The van der Waals surface area contributed by atoms with Crippen LogP contribution >= 0.6 is 11.8 Å². The molecule has 0 aliphatic carbocycles. The van der Waals surface area contributed by atoms with Crippen LogP contribution in [0.15, 0.2) is 35.5 Å². The van der Waals surface area contributed by atoms with Crippen LogP contribution in [0.25, 0.3) is 11.1 Å². The third kappa shape index (κ3) is 4.58. The van der Waals surface area contributed by atoms with Crippen molar-refractivity contribution < 1.29 is 14.6 Å². The maximum Gasteiger partial charge on any atom is 0.119 e. The van der Waals surface area contributed by atoms with E-state index in [1.165, 1.54) is 18.0 Å². The first-order valence-corrected chi connectivity index (χ1v) is 9.67. The molecule has 2 heterocycles. The maximum absolute atomic E-state index is 9.75. The number of nitrogens with zero attached hydrogens (tertiary/aromatic N) is 3. The summed E-state index contributed by atoms with van der Waals surface area (Å²) in [5, 5.41) is 28.7. The van der Waals surface area contributed by atoms with Crippen LogP contribution < -0.4 is 4.74 Å². The molecule has 1 N–H and O–H groups in total. The number of aromatic nitrogens is 1. The molecule has 1 aromatic heterocycles. The van der Waals surface area contributed by atoms with Crippen LogP contribution in [0.4, 0.5) is 0 Å². The van der Waals surface area contributed by atoms with Gasteiger partial charge in [-0.15, -0.1) is 11.8 Å². The lowest BCUT2D eigenvalue weighted by Crippen LogP contribution is -2.08. The summed E-state index contributed by atoms with van der Waals surface area (Å²) in [7, 11) is 0. The van der Waals surface area contributed by atoms with Crippen LogP contribution in [-0.4, -0.2) is 41.8 Å². The molecule has 1 aromatic carbocycles. The van der Waals surface area contributed by atoms with Gasteiger partial charge in [-0.3, -0.25) is 0 Å². The van der Waals surface area contributed by atoms with Gasteiger partial charge < -0.3 is 14.6 Å². The highest BCUT2D eigenvalue weighted by atomic mass is 32.2. The van der Waals surface area contributed by atoms with Gasteiger partial charge in [0.25, 0.3) is 0 Å². The van der Waals surface area contributed by atoms with E-state index in [1.807, 2.05) is 0 Å². The zero-order valence-corrected chi connectivity index (χ0v) is 15.5. The Hall–Kier alpha value is -2.58. The van der Waals surface area contributed by atoms with E-state index in [4.69, 9.17) is 14.6 Å². The Bertz CT molecular complexity index is 866. The van der Waals surface area contributed by atoms with E-state index >= 15 is 0 Å². The number of pyridine rings is 1. The van der Waals surface area contributed by atoms with Crippen molar-refractivity contribution in [1.82, 2.24) is 4.98 Å². The summed E-state index contributed by atoms with van der Waals surface area (Å²) in [6.07, 6.45) is 3.79. The second-order valence-electron chi connectivity index (χ2n) is 5.99. The van der Waals surface area contributed by atoms with Crippen molar-refractivity contribution in [1.29, 1.82) is 10.5 Å². The molecule has 1 unspecified atom stereocenters. The van der Waals surface area contributed by atoms with Crippen molar-refractivity contribution >= 4 is 11.8 Å². The van der Waals surface area contributed by atoms with Gasteiger partial charge in [0.05, 0.1) is 23.8 Å². The summed E-state index contributed by atoms with van der Waals surface area (Å²) in [5.41, 5.74) is 2.09. The number of hydrogen-bond acceptors (Lipinski definition) is 7. The quantitative estimate of drug-likeness (QED) is 0.736. The fraction of sp³-hybridized carbons (Fsp3) is 0.350. The molecule has 0 radical (unpaired) electrons. The van der Waals surface area contributed by atoms with Gasteiger partial charge in [-0.05, 0) is 30.5 Å². The van der Waals surface area contributed by atoms with E-state index < -0.39 is 0 Å². The highest BCUT2D eigenvalue weighted by Crippen LogP contribution is 2.34. The predicted octanol–water partition coefficient (Wildman–Crippen LogP) is 3.13. The molecular formula is C20H19N3O3S. The van der Waals surface area contributed by atoms with Crippen LogP contribution in [-0.2, 0) is 4.74 Å². The molecule has 1 atom stereocenters. The van der Waals surface area contributed by atoms with Crippen molar-refractivity contribution in [3.63, 3.8) is 0 Å². The van der Waals surface area contributed by atoms with E-state index in [0.717, 1.165) is 30.8 Å². The second kappa shape index (κ2) is 9.38. The molecule has 0 amide bonds. The van der Waals surface area contributed by atoms with Gasteiger partial charge in [-0.2, -0.15) is 10.5 Å². The second-order valence-corrected chi connectivity index (χ2v) is 7.00. The minimum atomic E-state index is -0.0610. The van der Waals surface area contributed by atoms with Crippen LogP contribution in [0.3, 0.4) is 0 Å². The third-order valence-corrected chi connectivity index (χ3v) is 5.33. The normalized spacial score (nSPS) is 15.9. The van der Waals surface area contributed by atoms with Gasteiger partial charge >= 0.3 is 0 Å². The van der Waals surface area contributed by atoms with E-state index in [9.17, 15) is 10.5 Å². The Morgan fingerprint density at radius 3 is 2.70 bits per heavy atom. The lowest BCUT2D eigenvalue weighted by molar-refractivity contribution is 0.129. The molecule has 0 saturated carbocycles. The highest BCUT2D eigenvalue weighted by molar-refractivity contribution is 7.99. The number of thioether (sulfide) groups is 1. The maximum atomic E-state index is 9.75. The summed E-state index contributed by atoms with van der Waals surface area (Å²) in [4.78, 5) is 4.34. The molecule has 6 nitrogen and oxygen atoms in total. The number of aliphatic hydroxyl groups is 1. The van der Waals surface area contributed by atoms with E-state index in [1.54, 1.807) is 24.3 Å². The molecule has 0 spiro atoms. The first kappa shape index (κ1) is 19.2. The summed E-state index contributed by atoms with van der Waals surface area (Å²) in [6.45, 7) is 0.938. The molecule has 3 rings (SSSR count). The lowest BCUT2D eigenvalue weighted by atomic mass is 9.98. The van der Waals surface area contributed by atoms with E-state index in [0.29, 0.717) is 27.5 Å². The van der Waals surface area contributed by atoms with Crippen molar-refractivity contribution in [3.8, 4) is 29.0 Å². The Labute approximate surface area is 162 Å². The zero-order valence-electron chi connectivity index (χ0n) is 14.7. The molecule has 27 heavy (non-hydrogen) atoms. The van der Waals surface area contributed by atoms with Gasteiger partial charge in [0.2, 0.25) is 0 Å². The molecule has 1 aliphatic rings. The lowest BCUT2D eigenvalue weighted by Gasteiger charge is -2.13. The highest BCUT2D eigenvalue weighted by Gasteiger charge is 2.20. The van der Waals surface area contributed by atoms with Crippen LogP contribution in [0.2, 0.25) is 0 Å². The number of ether oxygens (including phenoxy) is 2. The third-order valence-electron chi connectivity index (χ3n) is 4.21. The Morgan fingerprint density at radius 1 is 1.26 bits per heavy atom. The predicted molar refractivity (Wildman–Crippen MR) is 101 cm³/mol. The smallest absolute Gasteiger partial charge is 0.119 e. The number of hydrogen-bond donors (Lipinski definition) is 1. The molecule has 7 heteroatoms. The van der Waals surface area contributed by atoms with Crippen LogP contribution in [0.5, 0.6) is 5.75 Å². The van der Waals surface area contributed by atoms with E-state index in [-0.39, 0.29) is 19.3 Å². The number of aliphatic hydroxyl groups excluding tert-OH is 1. The summed E-state index contributed by atoms with van der Waals surface area (Å²) in [6, 6.07) is 11.5. The summed E-state index contributed by atoms with van der Waals surface area (Å²) < 4.78 is 11.0. The fourth-order valence-electron chi connectivity index (χ4n) is 2.92. The molecule has 0 bridgehead atoms. The van der Waals surface area contributed by atoms with Crippen molar-refractivity contribution in [2.24, 2.45) is 0 Å². The molecule has 1 aliphatic heterocycles. The van der Waals surface area contributed by atoms with Crippen molar-refractivity contribution in [2.75, 3.05) is 25.6 Å². The van der Waals surface area contributed by atoms with Gasteiger partial charge in [0.1, 0.15) is 29.5 Å². The van der Waals surface area contributed by atoms with Gasteiger partial charge in [-0.1, -0.05) is 12.1 Å².